The number of quaternary nitrogens is 1. The van der Waals surface area contributed by atoms with Gasteiger partial charge in [0.15, 0.2) is 12.4 Å². The maximum absolute atomic E-state index is 12.9. The largest absolute Gasteiger partial charge is 0.545 e. The number of carboxylic acid groups (broad SMARTS) is 1. The van der Waals surface area contributed by atoms with E-state index in [1.165, 1.54) is 276 Å². The van der Waals surface area contributed by atoms with Gasteiger partial charge in [-0.05, 0) is 83.5 Å². The van der Waals surface area contributed by atoms with E-state index in [0.717, 1.165) is 64.2 Å². The number of rotatable bonds is 72. The third kappa shape index (κ3) is 72.3. The van der Waals surface area contributed by atoms with Gasteiger partial charge in [-0.1, -0.05) is 338 Å². The zero-order valence-corrected chi connectivity index (χ0v) is 59.6. The van der Waals surface area contributed by atoms with E-state index in [1.54, 1.807) is 0 Å². The average Bonchev–Trinajstić information content (AvgIpc) is 3.64. The van der Waals surface area contributed by atoms with Gasteiger partial charge in [-0.3, -0.25) is 9.59 Å². The van der Waals surface area contributed by atoms with Gasteiger partial charge in [0.25, 0.3) is 0 Å². The van der Waals surface area contributed by atoms with Crippen LogP contribution < -0.4 is 5.11 Å². The minimum absolute atomic E-state index is 0.146. The summed E-state index contributed by atoms with van der Waals surface area (Å²) in [5, 5.41) is 11.8. The van der Waals surface area contributed by atoms with E-state index in [1.807, 2.05) is 21.1 Å². The highest BCUT2D eigenvalue weighted by molar-refractivity contribution is 5.70. The lowest BCUT2D eigenvalue weighted by atomic mass is 10.0. The van der Waals surface area contributed by atoms with E-state index in [4.69, 9.17) is 18.9 Å². The molecule has 0 fully saturated rings. The summed E-state index contributed by atoms with van der Waals surface area (Å²) in [5.41, 5.74) is 0. The van der Waals surface area contributed by atoms with Crippen LogP contribution in [0.4, 0.5) is 0 Å². The fourth-order valence-corrected chi connectivity index (χ4v) is 11.3. The predicted molar refractivity (Wildman–Crippen MR) is 380 cm³/mol. The van der Waals surface area contributed by atoms with Crippen LogP contribution in [0, 0.1) is 0 Å². The van der Waals surface area contributed by atoms with Crippen LogP contribution in [-0.2, 0) is 33.3 Å². The molecule has 0 aromatic heterocycles. The average molecular weight is 1250 g/mol. The van der Waals surface area contributed by atoms with Crippen LogP contribution in [0.5, 0.6) is 0 Å². The first-order chi connectivity index (χ1) is 43.6. The highest BCUT2D eigenvalue weighted by Crippen LogP contribution is 2.19. The topological polar surface area (TPSA) is 111 Å². The molecule has 0 bridgehead atoms. The van der Waals surface area contributed by atoms with Crippen LogP contribution in [0.3, 0.4) is 0 Å². The summed E-state index contributed by atoms with van der Waals surface area (Å²) < 4.78 is 22.8. The molecule has 0 saturated heterocycles. The zero-order chi connectivity index (χ0) is 64.7. The number of unbranched alkanes of at least 4 members (excludes halogenated alkanes) is 47. The van der Waals surface area contributed by atoms with Gasteiger partial charge in [0.05, 0.1) is 40.3 Å². The Bertz CT molecular complexity index is 1650. The van der Waals surface area contributed by atoms with Crippen LogP contribution in [0.25, 0.3) is 0 Å². The van der Waals surface area contributed by atoms with E-state index in [9.17, 15) is 19.5 Å². The Morgan fingerprint density at radius 3 is 0.899 bits per heavy atom. The molecule has 0 aliphatic carbocycles. The Hall–Kier alpha value is -3.01. The second kappa shape index (κ2) is 70.9. The van der Waals surface area contributed by atoms with Gasteiger partial charge in [-0.25, -0.2) is 0 Å². The van der Waals surface area contributed by atoms with Crippen LogP contribution in [-0.4, -0.2) is 82.3 Å². The number of ether oxygens (including phenoxy) is 4. The van der Waals surface area contributed by atoms with Crippen molar-refractivity contribution in [3.8, 4) is 0 Å². The van der Waals surface area contributed by atoms with Crippen LogP contribution in [0.2, 0.25) is 0 Å². The van der Waals surface area contributed by atoms with E-state index in [-0.39, 0.29) is 32.2 Å². The summed E-state index contributed by atoms with van der Waals surface area (Å²) >= 11 is 0. The molecule has 9 nitrogen and oxygen atoms in total. The molecular weight excluding hydrogens is 1100 g/mol. The summed E-state index contributed by atoms with van der Waals surface area (Å²) in [5.74, 6) is -2.27. The lowest BCUT2D eigenvalue weighted by molar-refractivity contribution is -0.870. The number of carbonyl (C=O) groups is 3. The van der Waals surface area contributed by atoms with Crippen molar-refractivity contribution in [3.05, 3.63) is 60.8 Å². The molecule has 89 heavy (non-hydrogen) atoms. The summed E-state index contributed by atoms with van der Waals surface area (Å²) in [7, 11) is 5.94. The molecule has 2 unspecified atom stereocenters. The number of carboxylic acids is 1. The monoisotopic (exact) mass is 1250 g/mol. The molecule has 0 aromatic carbocycles. The van der Waals surface area contributed by atoms with Crippen molar-refractivity contribution in [2.75, 3.05) is 47.5 Å². The van der Waals surface area contributed by atoms with Crippen molar-refractivity contribution in [1.29, 1.82) is 0 Å². The molecule has 0 amide bonds. The minimum atomic E-state index is -1.62. The molecule has 0 radical (unpaired) electrons. The Kier molecular flexibility index (Phi) is 68.5. The second-order valence-electron chi connectivity index (χ2n) is 27.3. The number of carbonyl (C=O) groups excluding carboxylic acids is 3. The number of aliphatic carboxylic acids is 1. The van der Waals surface area contributed by atoms with Gasteiger partial charge in [-0.2, -0.15) is 0 Å². The molecule has 0 saturated carbocycles. The summed E-state index contributed by atoms with van der Waals surface area (Å²) in [6.07, 6.45) is 90.6. The maximum Gasteiger partial charge on any atom is 0.306 e. The first-order valence-corrected chi connectivity index (χ1v) is 38.4. The number of esters is 2. The molecule has 0 aliphatic rings. The molecule has 9 heteroatoms. The van der Waals surface area contributed by atoms with Crippen molar-refractivity contribution in [2.45, 2.75) is 386 Å². The number of hydrogen-bond acceptors (Lipinski definition) is 8. The summed E-state index contributed by atoms with van der Waals surface area (Å²) in [4.78, 5) is 37.5. The van der Waals surface area contributed by atoms with Gasteiger partial charge >= 0.3 is 11.9 Å². The van der Waals surface area contributed by atoms with Crippen molar-refractivity contribution in [2.24, 2.45) is 0 Å². The molecular formula is C80H147NO8. The van der Waals surface area contributed by atoms with Gasteiger partial charge in [0.1, 0.15) is 13.2 Å². The van der Waals surface area contributed by atoms with Crippen LogP contribution in [0.15, 0.2) is 60.8 Å². The third-order valence-electron chi connectivity index (χ3n) is 17.2. The molecule has 520 valence electrons. The van der Waals surface area contributed by atoms with Crippen LogP contribution in [0.1, 0.15) is 373 Å². The second-order valence-corrected chi connectivity index (χ2v) is 27.3. The standard InChI is InChI=1S/C80H147NO8/c1-6-8-10-12-14-16-18-20-22-24-26-28-30-31-32-33-34-35-36-37-38-39-40-41-42-43-44-45-46-47-49-50-52-54-56-58-60-62-64-66-68-70-77(82)87-74-76(75-88-80(79(84)85)86-73-72-81(3,4)5)89-78(83)71-69-67-65-63-61-59-57-55-53-51-48-29-27-25-23-21-19-17-15-13-11-9-7-2/h18-21,24-27,48,51,76,80H,6-17,22-23,28-47,49-50,52-75H2,1-5H3/b20-18-,21-19-,26-24-,27-25-,51-48-. The molecule has 0 aromatic rings. The number of nitrogens with zero attached hydrogens (tertiary/aromatic N) is 1. The van der Waals surface area contributed by atoms with Crippen molar-refractivity contribution >= 4 is 17.9 Å². The van der Waals surface area contributed by atoms with Crippen molar-refractivity contribution in [3.63, 3.8) is 0 Å². The third-order valence-corrected chi connectivity index (χ3v) is 17.2. The molecule has 0 heterocycles. The smallest absolute Gasteiger partial charge is 0.306 e. The Balaban J connectivity index is 3.95. The zero-order valence-electron chi connectivity index (χ0n) is 59.6. The van der Waals surface area contributed by atoms with Gasteiger partial charge < -0.3 is 33.3 Å². The Morgan fingerprint density at radius 2 is 0.607 bits per heavy atom. The Labute approximate surface area is 552 Å². The van der Waals surface area contributed by atoms with E-state index in [0.29, 0.717) is 23.9 Å². The molecule has 0 N–H and O–H groups in total. The van der Waals surface area contributed by atoms with Crippen molar-refractivity contribution < 1.29 is 42.9 Å². The fraction of sp³-hybridized carbons (Fsp3) is 0.838. The van der Waals surface area contributed by atoms with E-state index >= 15 is 0 Å². The van der Waals surface area contributed by atoms with E-state index in [2.05, 4.69) is 74.6 Å². The predicted octanol–water partition coefficient (Wildman–Crippen LogP) is 22.9. The molecule has 0 spiro atoms. The SMILES string of the molecule is CCCCCCC/C=C\C/C=C\C/C=C\CCCCCCCCCCC(=O)OC(COC(=O)CCCCCCCCCCCCCCCCCCCCCCCCCCCCCCC/C=C\C/C=C\CCCCCCC)COC(OCC[N+](C)(C)C)C(=O)[O-]. The highest BCUT2D eigenvalue weighted by atomic mass is 16.7. The lowest BCUT2D eigenvalue weighted by Crippen LogP contribution is -2.44. The number of hydrogen-bond donors (Lipinski definition) is 0. The number of allylic oxidation sites excluding steroid dienone is 10. The van der Waals surface area contributed by atoms with Gasteiger partial charge in [-0.15, -0.1) is 0 Å². The Morgan fingerprint density at radius 1 is 0.337 bits per heavy atom. The normalized spacial score (nSPS) is 13.0. The van der Waals surface area contributed by atoms with Gasteiger partial charge in [0.2, 0.25) is 0 Å². The molecule has 0 aliphatic heterocycles. The quantitative estimate of drug-likeness (QED) is 0.0195. The van der Waals surface area contributed by atoms with E-state index < -0.39 is 24.3 Å². The molecule has 2 atom stereocenters. The van der Waals surface area contributed by atoms with Crippen molar-refractivity contribution in [1.82, 2.24) is 0 Å². The fourth-order valence-electron chi connectivity index (χ4n) is 11.3. The van der Waals surface area contributed by atoms with Gasteiger partial charge in [0, 0.05) is 12.8 Å². The number of likely N-dealkylation sites (N-methyl/N-ethyl adjacent to an activating group) is 1. The maximum atomic E-state index is 12.9. The molecule has 0 rings (SSSR count). The first kappa shape index (κ1) is 86.0. The highest BCUT2D eigenvalue weighted by Gasteiger charge is 2.22. The summed E-state index contributed by atoms with van der Waals surface area (Å²) in [6, 6.07) is 0. The summed E-state index contributed by atoms with van der Waals surface area (Å²) in [6.45, 7) is 4.77. The van der Waals surface area contributed by atoms with Crippen LogP contribution >= 0.6 is 0 Å². The lowest BCUT2D eigenvalue weighted by Gasteiger charge is -2.26. The first-order valence-electron chi connectivity index (χ1n) is 38.4. The minimum Gasteiger partial charge on any atom is -0.545 e.